The number of nitrogens with zero attached hydrogens (tertiary/aromatic N) is 2. The van der Waals surface area contributed by atoms with E-state index in [-0.39, 0.29) is 6.85 Å². The molecule has 4 heteroatoms. The molecular weight excluding hydrogens is 283 g/mol. The van der Waals surface area contributed by atoms with Crippen LogP contribution in [0.3, 0.4) is 0 Å². The van der Waals surface area contributed by atoms with Crippen LogP contribution in [0.25, 0.3) is 17.0 Å². The Bertz CT molecular complexity index is 1040. The molecular formula is C19H20BN2O+. The average Bonchev–Trinajstić information content (AvgIpc) is 2.96. The molecule has 0 aliphatic carbocycles. The molecule has 0 saturated carbocycles. The highest BCUT2D eigenvalue weighted by Crippen LogP contribution is 2.35. The molecule has 0 N–H and O–H groups in total. The summed E-state index contributed by atoms with van der Waals surface area (Å²) in [6.45, 7) is -0.289. The second-order valence-electron chi connectivity index (χ2n) is 6.14. The number of fused-ring (bicyclic) bond motifs is 3. The van der Waals surface area contributed by atoms with Crippen molar-refractivity contribution in [2.45, 2.75) is 13.8 Å². The van der Waals surface area contributed by atoms with Gasteiger partial charge in [0.1, 0.15) is 12.6 Å². The van der Waals surface area contributed by atoms with Gasteiger partial charge in [-0.05, 0) is 32.5 Å². The Hall–Kier alpha value is -2.49. The third kappa shape index (κ3) is 2.09. The van der Waals surface area contributed by atoms with Gasteiger partial charge in [-0.2, -0.15) is 0 Å². The van der Waals surface area contributed by atoms with Gasteiger partial charge < -0.3 is 9.23 Å². The molecule has 1 aromatic carbocycles. The van der Waals surface area contributed by atoms with Crippen molar-refractivity contribution < 1.29 is 13.1 Å². The summed E-state index contributed by atoms with van der Waals surface area (Å²) in [7, 11) is 3.89. The van der Waals surface area contributed by atoms with Crippen LogP contribution in [0.1, 0.15) is 20.8 Å². The molecule has 0 spiro atoms. The molecule has 0 unspecified atom stereocenters. The van der Waals surface area contributed by atoms with Crippen LogP contribution in [0.5, 0.6) is 0 Å². The van der Waals surface area contributed by atoms with Gasteiger partial charge in [0.2, 0.25) is 0 Å². The first-order valence-electron chi connectivity index (χ1n) is 9.20. The Morgan fingerprint density at radius 2 is 2.09 bits per heavy atom. The fourth-order valence-electron chi connectivity index (χ4n) is 3.28. The second kappa shape index (κ2) is 5.02. The van der Waals surface area contributed by atoms with Gasteiger partial charge in [0, 0.05) is 26.7 Å². The molecule has 3 heterocycles. The molecule has 0 fully saturated rings. The number of aromatic nitrogens is 1. The first-order chi connectivity index (χ1) is 12.3. The largest absolute Gasteiger partial charge is 0.441 e. The van der Waals surface area contributed by atoms with E-state index in [0.29, 0.717) is 5.56 Å². The van der Waals surface area contributed by atoms with Gasteiger partial charge in [-0.1, -0.05) is 30.3 Å². The lowest BCUT2D eigenvalue weighted by Gasteiger charge is -2.24. The summed E-state index contributed by atoms with van der Waals surface area (Å²) in [5, 5.41) is 1.10. The standard InChI is InChI=1S/C19H20BN2O/c1-13-11-18(21(3)12-14(13)2)20-10-9-16-15-7-5-6-8-17(15)23-19(16)22(20)4/h5-12H,1-4H3/q+1/i2D3. The second-order valence-corrected chi connectivity index (χ2v) is 6.14. The lowest BCUT2D eigenvalue weighted by molar-refractivity contribution is -0.654. The molecule has 1 aliphatic heterocycles. The molecule has 0 radical (unpaired) electrons. The maximum Gasteiger partial charge on any atom is 0.398 e. The number of aryl methyl sites for hydroxylation is 3. The zero-order valence-corrected chi connectivity index (χ0v) is 13.5. The number of furan rings is 1. The van der Waals surface area contributed by atoms with Gasteiger partial charge in [0.05, 0.1) is 0 Å². The quantitative estimate of drug-likeness (QED) is 0.509. The summed E-state index contributed by atoms with van der Waals surface area (Å²) < 4.78 is 31.1. The zero-order valence-electron chi connectivity index (χ0n) is 16.5. The minimum Gasteiger partial charge on any atom is -0.441 e. The monoisotopic (exact) mass is 306 g/mol. The Labute approximate surface area is 141 Å². The first kappa shape index (κ1) is 11.1. The zero-order chi connectivity index (χ0) is 18.6. The van der Waals surface area contributed by atoms with E-state index in [1.807, 2.05) is 49.9 Å². The number of anilines is 1. The van der Waals surface area contributed by atoms with Crippen molar-refractivity contribution in [3.8, 4) is 0 Å². The predicted molar refractivity (Wildman–Crippen MR) is 96.1 cm³/mol. The lowest BCUT2D eigenvalue weighted by atomic mass is 9.55. The van der Waals surface area contributed by atoms with E-state index in [1.165, 1.54) is 0 Å². The van der Waals surface area contributed by atoms with Crippen molar-refractivity contribution in [3.63, 3.8) is 0 Å². The molecule has 0 atom stereocenters. The average molecular weight is 306 g/mol. The van der Waals surface area contributed by atoms with E-state index in [9.17, 15) is 0 Å². The van der Waals surface area contributed by atoms with Gasteiger partial charge in [-0.15, -0.1) is 0 Å². The summed E-state index contributed by atoms with van der Waals surface area (Å²) in [4.78, 5) is 2.10. The number of benzene rings is 1. The van der Waals surface area contributed by atoms with Crippen LogP contribution in [0.15, 0.2) is 46.9 Å². The number of para-hydroxylation sites is 1. The fourth-order valence-corrected chi connectivity index (χ4v) is 3.28. The number of pyridine rings is 1. The van der Waals surface area contributed by atoms with Crippen LogP contribution < -0.4 is 15.0 Å². The fraction of sp³-hybridized carbons (Fsp3) is 0.211. The molecule has 114 valence electrons. The van der Waals surface area contributed by atoms with Crippen LogP contribution in [0.4, 0.5) is 5.88 Å². The van der Waals surface area contributed by atoms with Gasteiger partial charge >= 0.3 is 6.85 Å². The van der Waals surface area contributed by atoms with Crippen LogP contribution in [0.2, 0.25) is 0 Å². The third-order valence-electron chi connectivity index (χ3n) is 4.62. The van der Waals surface area contributed by atoms with E-state index in [2.05, 4.69) is 22.9 Å². The molecule has 2 aromatic heterocycles. The molecule has 4 rings (SSSR count). The van der Waals surface area contributed by atoms with Crippen LogP contribution in [0, 0.1) is 13.8 Å². The minimum absolute atomic E-state index is 0.0302. The first-order valence-corrected chi connectivity index (χ1v) is 7.70. The van der Waals surface area contributed by atoms with Gasteiger partial charge in [-0.3, -0.25) is 0 Å². The van der Waals surface area contributed by atoms with Crippen molar-refractivity contribution in [2.24, 2.45) is 7.05 Å². The van der Waals surface area contributed by atoms with Crippen LogP contribution in [-0.2, 0) is 7.05 Å². The van der Waals surface area contributed by atoms with Gasteiger partial charge in [-0.25, -0.2) is 4.57 Å². The van der Waals surface area contributed by atoms with E-state index in [4.69, 9.17) is 8.53 Å². The summed E-state index contributed by atoms with van der Waals surface area (Å²) >= 11 is 0. The van der Waals surface area contributed by atoms with E-state index < -0.39 is 6.85 Å². The molecule has 1 aliphatic rings. The van der Waals surface area contributed by atoms with E-state index >= 15 is 0 Å². The smallest absolute Gasteiger partial charge is 0.398 e. The van der Waals surface area contributed by atoms with Gasteiger partial charge in [0.25, 0.3) is 0 Å². The highest BCUT2D eigenvalue weighted by atomic mass is 16.4. The van der Waals surface area contributed by atoms with Crippen molar-refractivity contribution in [1.82, 2.24) is 0 Å². The van der Waals surface area contributed by atoms with Crippen LogP contribution >= 0.6 is 0 Å². The lowest BCUT2D eigenvalue weighted by Crippen LogP contribution is -2.60. The molecule has 23 heavy (non-hydrogen) atoms. The van der Waals surface area contributed by atoms with Crippen LogP contribution in [-0.4, -0.2) is 13.9 Å². The molecule has 0 saturated heterocycles. The minimum atomic E-state index is -2.11. The maximum absolute atomic E-state index is 7.70. The van der Waals surface area contributed by atoms with E-state index in [0.717, 1.165) is 33.6 Å². The Morgan fingerprint density at radius 1 is 1.26 bits per heavy atom. The molecule has 0 amide bonds. The highest BCUT2D eigenvalue weighted by molar-refractivity contribution is 6.80. The van der Waals surface area contributed by atoms with Gasteiger partial charge in [0.15, 0.2) is 17.7 Å². The van der Waals surface area contributed by atoms with E-state index in [1.54, 1.807) is 6.20 Å². The van der Waals surface area contributed by atoms with Crippen molar-refractivity contribution in [3.05, 3.63) is 59.2 Å². The predicted octanol–water partition coefficient (Wildman–Crippen LogP) is 2.78. The Morgan fingerprint density at radius 3 is 2.91 bits per heavy atom. The van der Waals surface area contributed by atoms with Crippen molar-refractivity contribution in [1.29, 1.82) is 0 Å². The topological polar surface area (TPSA) is 20.3 Å². The van der Waals surface area contributed by atoms with Crippen molar-refractivity contribution >= 4 is 35.4 Å². The number of hydrogen-bond acceptors (Lipinski definition) is 2. The number of hydrogen-bond donors (Lipinski definition) is 0. The summed E-state index contributed by atoms with van der Waals surface area (Å²) in [5.41, 5.74) is 4.12. The summed E-state index contributed by atoms with van der Waals surface area (Å²) in [6, 6.07) is 9.97. The Balaban J connectivity index is 1.80. The maximum atomic E-state index is 7.70. The number of rotatable bonds is 1. The normalized spacial score (nSPS) is 16.2. The Kier molecular flexibility index (Phi) is 2.42. The SMILES string of the molecule is [2H]C([2H])([2H])c1c[n+](C)c(B2C=Cc3c(oc4ccccc34)N2C)cc1C. The molecule has 3 aromatic rings. The highest BCUT2D eigenvalue weighted by Gasteiger charge is 2.35. The molecule has 0 bridgehead atoms. The summed E-state index contributed by atoms with van der Waals surface area (Å²) in [5.74, 6) is 2.96. The third-order valence-corrected chi connectivity index (χ3v) is 4.62. The summed E-state index contributed by atoms with van der Waals surface area (Å²) in [6.07, 6.45) is 3.81. The molecule has 3 nitrogen and oxygen atoms in total. The van der Waals surface area contributed by atoms with Crippen molar-refractivity contribution in [2.75, 3.05) is 11.9 Å².